The highest BCUT2D eigenvalue weighted by Crippen LogP contribution is 2.33. The molecule has 0 amide bonds. The lowest BCUT2D eigenvalue weighted by molar-refractivity contribution is 0.589. The number of aryl methyl sites for hydroxylation is 1. The monoisotopic (exact) mass is 267 g/mol. The van der Waals surface area contributed by atoms with Gasteiger partial charge in [-0.2, -0.15) is 0 Å². The Morgan fingerprint density at radius 2 is 1.76 bits per heavy atom. The third kappa shape index (κ3) is 2.27. The van der Waals surface area contributed by atoms with E-state index in [0.29, 0.717) is 5.15 Å². The standard InChI is InChI=1S/C14H15Cl2N/c1-8-11(15)6-5-9-7-10(14(2,3)4)13(16)17-12(8)9/h5-7H,1-4H3. The lowest BCUT2D eigenvalue weighted by Crippen LogP contribution is -2.12. The van der Waals surface area contributed by atoms with Crippen molar-refractivity contribution in [3.05, 3.63) is 39.5 Å². The molecule has 2 aromatic rings. The van der Waals surface area contributed by atoms with Gasteiger partial charge in [0.05, 0.1) is 5.52 Å². The van der Waals surface area contributed by atoms with Crippen molar-refractivity contribution in [3.63, 3.8) is 0 Å². The second-order valence-corrected chi connectivity index (χ2v) is 6.09. The first kappa shape index (κ1) is 12.7. The highest BCUT2D eigenvalue weighted by Gasteiger charge is 2.19. The van der Waals surface area contributed by atoms with Crippen LogP contribution in [0.4, 0.5) is 0 Å². The predicted molar refractivity (Wildman–Crippen MR) is 75.2 cm³/mol. The Hall–Kier alpha value is -0.790. The minimum atomic E-state index is -0.00812. The third-order valence-electron chi connectivity index (χ3n) is 2.94. The van der Waals surface area contributed by atoms with Crippen LogP contribution in [0.5, 0.6) is 0 Å². The van der Waals surface area contributed by atoms with Crippen LogP contribution in [0, 0.1) is 6.92 Å². The molecule has 1 aromatic heterocycles. The zero-order valence-corrected chi connectivity index (χ0v) is 11.9. The second kappa shape index (κ2) is 4.15. The Labute approximate surface area is 112 Å². The Morgan fingerprint density at radius 1 is 1.12 bits per heavy atom. The van der Waals surface area contributed by atoms with Crippen LogP contribution in [0.1, 0.15) is 31.9 Å². The molecule has 2 rings (SSSR count). The lowest BCUT2D eigenvalue weighted by atomic mass is 9.87. The van der Waals surface area contributed by atoms with Gasteiger partial charge >= 0.3 is 0 Å². The molecule has 1 aromatic carbocycles. The number of hydrogen-bond acceptors (Lipinski definition) is 1. The summed E-state index contributed by atoms with van der Waals surface area (Å²) in [5, 5.41) is 2.38. The summed E-state index contributed by atoms with van der Waals surface area (Å²) >= 11 is 12.3. The summed E-state index contributed by atoms with van der Waals surface area (Å²) in [6, 6.07) is 6.00. The number of nitrogens with zero attached hydrogens (tertiary/aromatic N) is 1. The Bertz CT molecular complexity index is 583. The van der Waals surface area contributed by atoms with Crippen LogP contribution >= 0.6 is 23.2 Å². The van der Waals surface area contributed by atoms with E-state index in [1.165, 1.54) is 0 Å². The van der Waals surface area contributed by atoms with Gasteiger partial charge in [0, 0.05) is 10.4 Å². The number of rotatable bonds is 0. The first-order valence-corrected chi connectivity index (χ1v) is 6.32. The molecule has 3 heteroatoms. The lowest BCUT2D eigenvalue weighted by Gasteiger charge is -2.20. The van der Waals surface area contributed by atoms with Crippen LogP contribution in [0.3, 0.4) is 0 Å². The van der Waals surface area contributed by atoms with Crippen LogP contribution in [-0.2, 0) is 5.41 Å². The topological polar surface area (TPSA) is 12.9 Å². The van der Waals surface area contributed by atoms with Gasteiger partial charge in [0.15, 0.2) is 0 Å². The summed E-state index contributed by atoms with van der Waals surface area (Å²) in [6.07, 6.45) is 0. The summed E-state index contributed by atoms with van der Waals surface area (Å²) < 4.78 is 0. The van der Waals surface area contributed by atoms with Crippen molar-refractivity contribution < 1.29 is 0 Å². The number of benzene rings is 1. The van der Waals surface area contributed by atoms with E-state index in [-0.39, 0.29) is 5.41 Å². The smallest absolute Gasteiger partial charge is 0.133 e. The molecule has 0 N–H and O–H groups in total. The van der Waals surface area contributed by atoms with Crippen molar-refractivity contribution in [3.8, 4) is 0 Å². The maximum Gasteiger partial charge on any atom is 0.133 e. The van der Waals surface area contributed by atoms with Gasteiger partial charge in [-0.3, -0.25) is 0 Å². The van der Waals surface area contributed by atoms with Crippen LogP contribution in [-0.4, -0.2) is 4.98 Å². The maximum atomic E-state index is 6.26. The molecule has 17 heavy (non-hydrogen) atoms. The predicted octanol–water partition coefficient (Wildman–Crippen LogP) is 5.15. The Kier molecular flexibility index (Phi) is 3.09. The van der Waals surface area contributed by atoms with Crippen LogP contribution < -0.4 is 0 Å². The summed E-state index contributed by atoms with van der Waals surface area (Å²) in [5.74, 6) is 0. The van der Waals surface area contributed by atoms with Crippen LogP contribution in [0.25, 0.3) is 10.9 Å². The summed E-state index contributed by atoms with van der Waals surface area (Å²) in [5.41, 5.74) is 2.92. The van der Waals surface area contributed by atoms with E-state index in [1.54, 1.807) is 0 Å². The average molecular weight is 268 g/mol. The fourth-order valence-electron chi connectivity index (χ4n) is 1.86. The minimum absolute atomic E-state index is 0.00812. The fourth-order valence-corrected chi connectivity index (χ4v) is 2.44. The number of pyridine rings is 1. The molecule has 0 saturated heterocycles. The van der Waals surface area contributed by atoms with Gasteiger partial charge in [-0.25, -0.2) is 4.98 Å². The first-order valence-electron chi connectivity index (χ1n) is 5.56. The molecule has 0 aliphatic heterocycles. The number of hydrogen-bond donors (Lipinski definition) is 0. The van der Waals surface area contributed by atoms with Crippen molar-refractivity contribution in [1.29, 1.82) is 0 Å². The number of fused-ring (bicyclic) bond motifs is 1. The maximum absolute atomic E-state index is 6.26. The minimum Gasteiger partial charge on any atom is -0.235 e. The molecule has 0 saturated carbocycles. The SMILES string of the molecule is Cc1c(Cl)ccc2cc(C(C)(C)C)c(Cl)nc12. The van der Waals surface area contributed by atoms with E-state index in [4.69, 9.17) is 23.2 Å². The molecule has 1 nitrogen and oxygen atoms in total. The average Bonchev–Trinajstić information content (AvgIpc) is 2.22. The van der Waals surface area contributed by atoms with E-state index >= 15 is 0 Å². The van der Waals surface area contributed by atoms with Crippen molar-refractivity contribution >= 4 is 34.1 Å². The Morgan fingerprint density at radius 3 is 2.35 bits per heavy atom. The van der Waals surface area contributed by atoms with Crippen LogP contribution in [0.15, 0.2) is 18.2 Å². The Balaban J connectivity index is 2.80. The van der Waals surface area contributed by atoms with Gasteiger partial charge < -0.3 is 0 Å². The van der Waals surface area contributed by atoms with Gasteiger partial charge in [-0.1, -0.05) is 50.0 Å². The first-order chi connectivity index (χ1) is 7.80. The molecule has 0 spiro atoms. The van der Waals surface area contributed by atoms with Crippen LogP contribution in [0.2, 0.25) is 10.2 Å². The highest BCUT2D eigenvalue weighted by molar-refractivity contribution is 6.33. The van der Waals surface area contributed by atoms with Gasteiger partial charge in [0.25, 0.3) is 0 Å². The zero-order valence-electron chi connectivity index (χ0n) is 10.4. The number of halogens is 2. The molecule has 0 aliphatic rings. The van der Waals surface area contributed by atoms with Crippen molar-refractivity contribution in [2.75, 3.05) is 0 Å². The highest BCUT2D eigenvalue weighted by atomic mass is 35.5. The molecule has 0 atom stereocenters. The van der Waals surface area contributed by atoms with E-state index in [1.807, 2.05) is 19.1 Å². The zero-order chi connectivity index (χ0) is 12.8. The van der Waals surface area contributed by atoms with Gasteiger partial charge in [0.2, 0.25) is 0 Å². The molecule has 0 radical (unpaired) electrons. The van der Waals surface area contributed by atoms with E-state index in [2.05, 4.69) is 31.8 Å². The summed E-state index contributed by atoms with van der Waals surface area (Å²) in [6.45, 7) is 8.35. The molecule has 90 valence electrons. The number of aromatic nitrogens is 1. The normalized spacial score (nSPS) is 12.1. The van der Waals surface area contributed by atoms with Gasteiger partial charge in [-0.05, 0) is 35.6 Å². The van der Waals surface area contributed by atoms with Crippen molar-refractivity contribution in [1.82, 2.24) is 4.98 Å². The molecule has 0 unspecified atom stereocenters. The third-order valence-corrected chi connectivity index (χ3v) is 3.63. The van der Waals surface area contributed by atoms with E-state index in [9.17, 15) is 0 Å². The van der Waals surface area contributed by atoms with Crippen molar-refractivity contribution in [2.45, 2.75) is 33.1 Å². The van der Waals surface area contributed by atoms with Gasteiger partial charge in [-0.15, -0.1) is 0 Å². The second-order valence-electron chi connectivity index (χ2n) is 5.32. The summed E-state index contributed by atoms with van der Waals surface area (Å²) in [7, 11) is 0. The largest absolute Gasteiger partial charge is 0.235 e. The summed E-state index contributed by atoms with van der Waals surface area (Å²) in [4.78, 5) is 4.48. The molecular weight excluding hydrogens is 253 g/mol. The fraction of sp³-hybridized carbons (Fsp3) is 0.357. The molecule has 0 aliphatic carbocycles. The molecular formula is C14H15Cl2N. The van der Waals surface area contributed by atoms with E-state index in [0.717, 1.165) is 27.1 Å². The molecule has 1 heterocycles. The van der Waals surface area contributed by atoms with E-state index < -0.39 is 0 Å². The quantitative estimate of drug-likeness (QED) is 0.602. The molecule has 0 fully saturated rings. The van der Waals surface area contributed by atoms with Crippen molar-refractivity contribution in [2.24, 2.45) is 0 Å². The van der Waals surface area contributed by atoms with Gasteiger partial charge in [0.1, 0.15) is 5.15 Å². The molecule has 0 bridgehead atoms.